The fourth-order valence-corrected chi connectivity index (χ4v) is 4.82. The van der Waals surface area contributed by atoms with Gasteiger partial charge in [0, 0.05) is 29.0 Å². The number of benzene rings is 1. The highest BCUT2D eigenvalue weighted by atomic mass is 35.5. The van der Waals surface area contributed by atoms with E-state index in [1.165, 1.54) is 0 Å². The van der Waals surface area contributed by atoms with Gasteiger partial charge in [0.15, 0.2) is 0 Å². The van der Waals surface area contributed by atoms with Crippen LogP contribution in [0.25, 0.3) is 10.2 Å². The van der Waals surface area contributed by atoms with E-state index in [2.05, 4.69) is 40.8 Å². The average Bonchev–Trinajstić information content (AvgIpc) is 3.31. The number of fused-ring (bicyclic) bond motifs is 1. The van der Waals surface area contributed by atoms with Crippen LogP contribution in [0.3, 0.4) is 0 Å². The number of thiophene rings is 1. The fourth-order valence-electron chi connectivity index (χ4n) is 3.71. The molecule has 0 saturated carbocycles. The van der Waals surface area contributed by atoms with Gasteiger partial charge in [0.2, 0.25) is 5.78 Å². The van der Waals surface area contributed by atoms with E-state index in [-0.39, 0.29) is 11.8 Å². The summed E-state index contributed by atoms with van der Waals surface area (Å²) in [5.41, 5.74) is 5.13. The average molecular weight is 438 g/mol. The molecule has 154 valence electrons. The van der Waals surface area contributed by atoms with Crippen molar-refractivity contribution in [2.45, 2.75) is 32.9 Å². The number of allylic oxidation sites excluding steroid dienone is 2. The molecule has 4 nitrogen and oxygen atoms in total. The van der Waals surface area contributed by atoms with E-state index in [1.807, 2.05) is 48.8 Å². The quantitative estimate of drug-likeness (QED) is 0.364. The van der Waals surface area contributed by atoms with Crippen LogP contribution in [-0.4, -0.2) is 16.4 Å². The Labute approximate surface area is 185 Å². The van der Waals surface area contributed by atoms with Crippen LogP contribution in [0.15, 0.2) is 72.0 Å². The van der Waals surface area contributed by atoms with Crippen molar-refractivity contribution in [3.63, 3.8) is 0 Å². The molecule has 0 spiro atoms. The van der Waals surface area contributed by atoms with Crippen molar-refractivity contribution < 1.29 is 4.79 Å². The number of hydrogen-bond acceptors (Lipinski definition) is 4. The zero-order valence-electron chi connectivity index (χ0n) is 17.0. The van der Waals surface area contributed by atoms with Crippen LogP contribution in [0.4, 0.5) is 0 Å². The van der Waals surface area contributed by atoms with Crippen molar-refractivity contribution >= 4 is 38.9 Å². The van der Waals surface area contributed by atoms with E-state index < -0.39 is 0 Å². The minimum Gasteiger partial charge on any atom is -0.385 e. The number of aromatic nitrogens is 1. The number of halogens is 1. The molecule has 6 heteroatoms. The number of Topliss-reactive ketones (excluding diaryl/α,β-unsaturated/α-hetero) is 1. The van der Waals surface area contributed by atoms with E-state index in [0.717, 1.165) is 39.2 Å². The number of rotatable bonds is 7. The van der Waals surface area contributed by atoms with Crippen LogP contribution >= 0.6 is 22.9 Å². The number of ketones is 1. The molecule has 0 bridgehead atoms. The molecular formula is C24H24ClN3OS. The van der Waals surface area contributed by atoms with Crippen molar-refractivity contribution in [2.75, 3.05) is 0 Å². The molecule has 2 N–H and O–H groups in total. The SMILES string of the molecule is C=C(NC1=CC(CC)NC=C1)C(=O)c1c(C)n(Cc2ccc(Cl)cc2)c2ccsc12. The van der Waals surface area contributed by atoms with E-state index in [4.69, 9.17) is 11.6 Å². The largest absolute Gasteiger partial charge is 0.385 e. The molecular weight excluding hydrogens is 414 g/mol. The van der Waals surface area contributed by atoms with Gasteiger partial charge in [0.25, 0.3) is 0 Å². The summed E-state index contributed by atoms with van der Waals surface area (Å²) in [5, 5.41) is 9.22. The van der Waals surface area contributed by atoms with Gasteiger partial charge in [0.05, 0.1) is 21.5 Å². The van der Waals surface area contributed by atoms with Crippen molar-refractivity contribution in [1.82, 2.24) is 15.2 Å². The van der Waals surface area contributed by atoms with Crippen molar-refractivity contribution in [3.05, 3.63) is 93.9 Å². The molecule has 1 aromatic carbocycles. The maximum Gasteiger partial charge on any atom is 0.211 e. The Morgan fingerprint density at radius 1 is 1.30 bits per heavy atom. The highest BCUT2D eigenvalue weighted by molar-refractivity contribution is 7.17. The first-order valence-electron chi connectivity index (χ1n) is 9.93. The third-order valence-corrected chi connectivity index (χ3v) is 6.55. The lowest BCUT2D eigenvalue weighted by atomic mass is 10.1. The number of hydrogen-bond donors (Lipinski definition) is 2. The topological polar surface area (TPSA) is 46.1 Å². The summed E-state index contributed by atoms with van der Waals surface area (Å²) in [5.74, 6) is -0.0734. The third kappa shape index (κ3) is 3.95. The second-order valence-electron chi connectivity index (χ2n) is 7.38. The van der Waals surface area contributed by atoms with Crippen molar-refractivity contribution in [3.8, 4) is 0 Å². The van der Waals surface area contributed by atoms with E-state index in [1.54, 1.807) is 11.3 Å². The Bertz CT molecular complexity index is 1170. The Morgan fingerprint density at radius 3 is 2.80 bits per heavy atom. The molecule has 0 amide bonds. The number of carbonyl (C=O) groups excluding carboxylic acids is 1. The monoisotopic (exact) mass is 437 g/mol. The molecule has 2 aromatic heterocycles. The molecule has 0 fully saturated rings. The standard InChI is InChI=1S/C24H24ClN3OS/c1-4-19-13-20(9-11-26-19)27-15(2)23(29)22-16(3)28(21-10-12-30-24(21)22)14-17-5-7-18(25)8-6-17/h5-13,19,26-27H,2,4,14H2,1,3H3. The van der Waals surface area contributed by atoms with Gasteiger partial charge in [-0.3, -0.25) is 4.79 Å². The van der Waals surface area contributed by atoms with Crippen LogP contribution in [-0.2, 0) is 6.54 Å². The first-order valence-corrected chi connectivity index (χ1v) is 11.2. The molecule has 0 radical (unpaired) electrons. The molecule has 1 unspecified atom stereocenters. The third-order valence-electron chi connectivity index (χ3n) is 5.37. The molecule has 1 atom stereocenters. The van der Waals surface area contributed by atoms with Gasteiger partial charge in [-0.1, -0.05) is 37.2 Å². The van der Waals surface area contributed by atoms with Gasteiger partial charge in [-0.05, 0) is 60.8 Å². The van der Waals surface area contributed by atoms with Gasteiger partial charge in [-0.15, -0.1) is 11.3 Å². The maximum absolute atomic E-state index is 13.4. The van der Waals surface area contributed by atoms with Crippen LogP contribution in [0.2, 0.25) is 5.02 Å². The van der Waals surface area contributed by atoms with Crippen molar-refractivity contribution in [1.29, 1.82) is 0 Å². The second-order valence-corrected chi connectivity index (χ2v) is 8.73. The van der Waals surface area contributed by atoms with Gasteiger partial charge < -0.3 is 15.2 Å². The van der Waals surface area contributed by atoms with E-state index >= 15 is 0 Å². The lowest BCUT2D eigenvalue weighted by Crippen LogP contribution is -2.28. The number of dihydropyridines is 1. The lowest BCUT2D eigenvalue weighted by Gasteiger charge is -2.19. The highest BCUT2D eigenvalue weighted by Crippen LogP contribution is 2.32. The Morgan fingerprint density at radius 2 is 2.07 bits per heavy atom. The first-order chi connectivity index (χ1) is 14.5. The van der Waals surface area contributed by atoms with E-state index in [9.17, 15) is 4.79 Å². The normalized spacial score (nSPS) is 15.7. The predicted octanol–water partition coefficient (Wildman–Crippen LogP) is 5.78. The second kappa shape index (κ2) is 8.54. The maximum atomic E-state index is 13.4. The summed E-state index contributed by atoms with van der Waals surface area (Å²) in [6.07, 6.45) is 6.87. The summed E-state index contributed by atoms with van der Waals surface area (Å²) in [6.45, 7) is 8.83. The minimum atomic E-state index is -0.0734. The molecule has 1 aliphatic heterocycles. The number of nitrogens with zero attached hydrogens (tertiary/aromatic N) is 1. The molecule has 0 saturated heterocycles. The summed E-state index contributed by atoms with van der Waals surface area (Å²) in [6, 6.07) is 10.1. The van der Waals surface area contributed by atoms with Crippen LogP contribution < -0.4 is 10.6 Å². The summed E-state index contributed by atoms with van der Waals surface area (Å²) in [7, 11) is 0. The number of carbonyl (C=O) groups is 1. The molecule has 30 heavy (non-hydrogen) atoms. The van der Waals surface area contributed by atoms with Gasteiger partial charge in [-0.25, -0.2) is 0 Å². The van der Waals surface area contributed by atoms with Gasteiger partial charge >= 0.3 is 0 Å². The molecule has 1 aliphatic rings. The zero-order chi connectivity index (χ0) is 21.3. The zero-order valence-corrected chi connectivity index (χ0v) is 18.6. The van der Waals surface area contributed by atoms with E-state index in [0.29, 0.717) is 17.3 Å². The molecule has 3 aromatic rings. The molecule has 0 aliphatic carbocycles. The smallest absolute Gasteiger partial charge is 0.211 e. The lowest BCUT2D eigenvalue weighted by molar-refractivity contribution is 0.103. The summed E-state index contributed by atoms with van der Waals surface area (Å²) in [4.78, 5) is 13.4. The summed E-state index contributed by atoms with van der Waals surface area (Å²) >= 11 is 7.61. The molecule has 4 rings (SSSR count). The number of nitrogens with one attached hydrogen (secondary N) is 2. The van der Waals surface area contributed by atoms with Crippen molar-refractivity contribution in [2.24, 2.45) is 0 Å². The van der Waals surface area contributed by atoms with Crippen LogP contribution in [0, 0.1) is 6.92 Å². The fraction of sp³-hybridized carbons (Fsp3) is 0.208. The first kappa shape index (κ1) is 20.5. The summed E-state index contributed by atoms with van der Waals surface area (Å²) < 4.78 is 3.18. The Hall–Kier alpha value is -2.76. The van der Waals surface area contributed by atoms with Gasteiger partial charge in [0.1, 0.15) is 0 Å². The highest BCUT2D eigenvalue weighted by Gasteiger charge is 2.23. The van der Waals surface area contributed by atoms with Gasteiger partial charge in [-0.2, -0.15) is 0 Å². The Kier molecular flexibility index (Phi) is 5.84. The molecule has 3 heterocycles. The predicted molar refractivity (Wildman–Crippen MR) is 126 cm³/mol. The van der Waals surface area contributed by atoms with Crippen LogP contribution in [0.1, 0.15) is 35.0 Å². The Balaban J connectivity index is 1.63. The minimum absolute atomic E-state index is 0.0734. The van der Waals surface area contributed by atoms with Crippen LogP contribution in [0.5, 0.6) is 0 Å².